The van der Waals surface area contributed by atoms with Gasteiger partial charge in [0.2, 0.25) is 17.7 Å². The van der Waals surface area contributed by atoms with Crippen LogP contribution in [0.4, 0.5) is 4.79 Å². The number of hydrogen-bond acceptors (Lipinski definition) is 8. The van der Waals surface area contributed by atoms with Crippen LogP contribution in [0.2, 0.25) is 0 Å². The zero-order valence-electron chi connectivity index (χ0n) is 33.2. The van der Waals surface area contributed by atoms with Crippen molar-refractivity contribution >= 4 is 40.5 Å². The van der Waals surface area contributed by atoms with Gasteiger partial charge in [0.15, 0.2) is 0 Å². The molecular weight excluding hydrogens is 717 g/mol. The first kappa shape index (κ1) is 38.3. The molecular formula is C46H52N6O5. The number of nitrogens with one attached hydrogen (secondary N) is 2. The molecule has 2 bridgehead atoms. The highest BCUT2D eigenvalue weighted by atomic mass is 16.5. The molecule has 5 aliphatic rings. The van der Waals surface area contributed by atoms with Gasteiger partial charge in [0, 0.05) is 73.9 Å². The smallest absolute Gasteiger partial charge is 0.407 e. The summed E-state index contributed by atoms with van der Waals surface area (Å²) in [6.07, 6.45) is 11.7. The van der Waals surface area contributed by atoms with Gasteiger partial charge in [0.05, 0.1) is 20.3 Å². The molecule has 6 atom stereocenters. The van der Waals surface area contributed by atoms with E-state index in [9.17, 15) is 14.4 Å². The van der Waals surface area contributed by atoms with Crippen molar-refractivity contribution in [1.29, 1.82) is 0 Å². The predicted octanol–water partition coefficient (Wildman–Crippen LogP) is 7.48. The number of alkyl carbamates (subject to hydrolysis) is 1. The Balaban J connectivity index is 0.857. The molecule has 3 fully saturated rings. The largest absolute Gasteiger partial charge is 0.481 e. The van der Waals surface area contributed by atoms with Crippen molar-refractivity contribution in [2.24, 2.45) is 39.6 Å². The third kappa shape index (κ3) is 7.89. The molecule has 0 radical (unpaired) electrons. The molecule has 3 aliphatic heterocycles. The number of pyridine rings is 1. The van der Waals surface area contributed by atoms with Crippen LogP contribution in [0.1, 0.15) is 75.5 Å². The van der Waals surface area contributed by atoms with Crippen molar-refractivity contribution in [3.05, 3.63) is 96.0 Å². The van der Waals surface area contributed by atoms with Gasteiger partial charge in [0.1, 0.15) is 6.04 Å². The number of rotatable bonds is 12. The molecule has 2 aromatic carbocycles. The van der Waals surface area contributed by atoms with Crippen LogP contribution in [0.5, 0.6) is 5.88 Å². The fraction of sp³-hybridized carbons (Fsp3) is 0.435. The van der Waals surface area contributed by atoms with E-state index in [0.29, 0.717) is 37.2 Å². The van der Waals surface area contributed by atoms with E-state index >= 15 is 0 Å². The van der Waals surface area contributed by atoms with E-state index in [1.165, 1.54) is 19.1 Å². The van der Waals surface area contributed by atoms with Crippen molar-refractivity contribution in [2.45, 2.75) is 77.4 Å². The van der Waals surface area contributed by atoms with E-state index in [2.05, 4.69) is 64.1 Å². The Kier molecular flexibility index (Phi) is 11.1. The average molecular weight is 769 g/mol. The number of nitrogens with zero attached hydrogens (tertiary/aromatic N) is 4. The first-order valence-corrected chi connectivity index (χ1v) is 20.3. The zero-order valence-corrected chi connectivity index (χ0v) is 33.2. The number of methoxy groups -OCH3 is 2. The first-order chi connectivity index (χ1) is 27.7. The van der Waals surface area contributed by atoms with E-state index in [1.807, 2.05) is 43.3 Å². The van der Waals surface area contributed by atoms with Crippen LogP contribution in [0.15, 0.2) is 89.2 Å². The maximum absolute atomic E-state index is 13.6. The first-order valence-electron chi connectivity index (χ1n) is 20.3. The summed E-state index contributed by atoms with van der Waals surface area (Å²) in [5, 5.41) is 5.93. The van der Waals surface area contributed by atoms with E-state index < -0.39 is 12.1 Å². The molecule has 11 nitrogen and oxygen atoms in total. The highest BCUT2D eigenvalue weighted by Crippen LogP contribution is 2.54. The molecule has 0 spiro atoms. The van der Waals surface area contributed by atoms with Crippen LogP contribution in [-0.2, 0) is 20.9 Å². The van der Waals surface area contributed by atoms with Gasteiger partial charge in [-0.1, -0.05) is 68.4 Å². The lowest BCUT2D eigenvalue weighted by atomic mass is 9.75. The van der Waals surface area contributed by atoms with Crippen molar-refractivity contribution in [3.8, 4) is 17.0 Å². The number of likely N-dealkylation sites (tertiary alicyclic amines) is 1. The van der Waals surface area contributed by atoms with Crippen LogP contribution in [-0.4, -0.2) is 72.1 Å². The lowest BCUT2D eigenvalue weighted by molar-refractivity contribution is -0.134. The summed E-state index contributed by atoms with van der Waals surface area (Å²) >= 11 is 0. The van der Waals surface area contributed by atoms with Crippen molar-refractivity contribution in [3.63, 3.8) is 0 Å². The second-order valence-corrected chi connectivity index (χ2v) is 16.4. The lowest BCUT2D eigenvalue weighted by Crippen LogP contribution is -2.53. The summed E-state index contributed by atoms with van der Waals surface area (Å²) < 4.78 is 9.95. The third-order valence-electron chi connectivity index (χ3n) is 12.7. The second kappa shape index (κ2) is 16.5. The number of ether oxygens (including phenoxy) is 2. The molecule has 3 aromatic rings. The molecule has 2 unspecified atom stereocenters. The minimum absolute atomic E-state index is 0.0362. The summed E-state index contributed by atoms with van der Waals surface area (Å²) in [7, 11) is 2.90. The van der Waals surface area contributed by atoms with Gasteiger partial charge in [-0.2, -0.15) is 0 Å². The number of aliphatic imine (C=N–C) groups is 2. The molecule has 3 amide bonds. The fourth-order valence-electron chi connectivity index (χ4n) is 9.76. The minimum atomic E-state index is -0.648. The molecule has 2 N–H and O–H groups in total. The Morgan fingerprint density at radius 3 is 2.05 bits per heavy atom. The number of allylic oxidation sites excluding steroid dienone is 2. The van der Waals surface area contributed by atoms with Crippen LogP contribution in [0.3, 0.4) is 0 Å². The Bertz CT molecular complexity index is 2120. The Hall–Kier alpha value is -5.58. The van der Waals surface area contributed by atoms with Gasteiger partial charge >= 0.3 is 6.09 Å². The van der Waals surface area contributed by atoms with E-state index in [1.54, 1.807) is 13.3 Å². The molecule has 2 saturated carbocycles. The predicted molar refractivity (Wildman–Crippen MR) is 221 cm³/mol. The number of benzene rings is 2. The quantitative estimate of drug-likeness (QED) is 0.196. The SMILES string of the molecule is COC(=O)N[C@H](C(=O)N1CCC[C@H]1C1=NC=C(c2ccc(-c3ccc(C4=CN=C([C@H]5C6CCC(C6)[C@@H]5C(=O)NCc5ccc(OC)nc5)C4)cc3)cc2)C1)C(C)C. The summed E-state index contributed by atoms with van der Waals surface area (Å²) in [6, 6.07) is 20.3. The topological polar surface area (TPSA) is 135 Å². The maximum atomic E-state index is 13.6. The minimum Gasteiger partial charge on any atom is -0.481 e. The third-order valence-corrected chi connectivity index (χ3v) is 12.7. The van der Waals surface area contributed by atoms with Crippen molar-refractivity contribution in [2.75, 3.05) is 20.8 Å². The molecule has 57 heavy (non-hydrogen) atoms. The van der Waals surface area contributed by atoms with Crippen LogP contribution < -0.4 is 15.4 Å². The van der Waals surface area contributed by atoms with E-state index in [0.717, 1.165) is 76.9 Å². The van der Waals surface area contributed by atoms with Crippen molar-refractivity contribution < 1.29 is 23.9 Å². The molecule has 4 heterocycles. The maximum Gasteiger partial charge on any atom is 0.407 e. The van der Waals surface area contributed by atoms with Crippen molar-refractivity contribution in [1.82, 2.24) is 20.5 Å². The molecule has 1 aromatic heterocycles. The zero-order chi connectivity index (χ0) is 39.6. The number of hydrogen-bond donors (Lipinski definition) is 2. The van der Waals surface area contributed by atoms with Crippen LogP contribution in [0.25, 0.3) is 22.3 Å². The number of carbonyl (C=O) groups excluding carboxylic acids is 3. The van der Waals surface area contributed by atoms with Gasteiger partial charge in [0.25, 0.3) is 0 Å². The fourth-order valence-corrected chi connectivity index (χ4v) is 9.76. The highest BCUT2D eigenvalue weighted by molar-refractivity contribution is 6.04. The summed E-state index contributed by atoms with van der Waals surface area (Å²) in [5.74, 6) is 1.62. The van der Waals surface area contributed by atoms with Gasteiger partial charge in [-0.05, 0) is 88.8 Å². The Morgan fingerprint density at radius 2 is 1.44 bits per heavy atom. The summed E-state index contributed by atoms with van der Waals surface area (Å²) in [6.45, 7) is 4.95. The number of fused-ring (bicyclic) bond motifs is 2. The van der Waals surface area contributed by atoms with Gasteiger partial charge in [-0.3, -0.25) is 19.6 Å². The lowest BCUT2D eigenvalue weighted by Gasteiger charge is -2.31. The molecule has 1 saturated heterocycles. The summed E-state index contributed by atoms with van der Waals surface area (Å²) in [4.78, 5) is 55.1. The highest BCUT2D eigenvalue weighted by Gasteiger charge is 2.52. The molecule has 296 valence electrons. The van der Waals surface area contributed by atoms with E-state index in [4.69, 9.17) is 19.5 Å². The van der Waals surface area contributed by atoms with Crippen LogP contribution >= 0.6 is 0 Å². The normalized spacial score (nSPS) is 24.2. The average Bonchev–Trinajstić information content (AvgIpc) is 4.10. The number of amides is 3. The molecule has 2 aliphatic carbocycles. The Morgan fingerprint density at radius 1 is 0.807 bits per heavy atom. The second-order valence-electron chi connectivity index (χ2n) is 16.4. The monoisotopic (exact) mass is 768 g/mol. The van der Waals surface area contributed by atoms with E-state index in [-0.39, 0.29) is 35.6 Å². The van der Waals surface area contributed by atoms with Gasteiger partial charge in [-0.25, -0.2) is 9.78 Å². The molecule has 8 rings (SSSR count). The summed E-state index contributed by atoms with van der Waals surface area (Å²) in [5.41, 5.74) is 9.97. The Labute approximate surface area is 334 Å². The molecule has 11 heteroatoms. The number of aromatic nitrogens is 1. The van der Waals surface area contributed by atoms with Crippen LogP contribution in [0, 0.1) is 29.6 Å². The standard InChI is InChI=1S/C46H52N6O5/c1-27(2)43(51-46(55)57-4)45(54)52-19-5-6-39(52)37-21-35(25-47-37)31-12-8-29(9-13-31)30-10-14-32(15-11-30)36-22-38(48-26-36)41-33-16-17-34(20-33)42(41)44(53)50-24-28-7-18-40(56-3)49-23-28/h7-15,18,23,25-27,33-34,39,41-43H,5-6,16-17,19-22,24H2,1-4H3,(H,50,53)(H,51,55)/t33?,34?,39-,41+,42-,43-/m0/s1. The van der Waals surface area contributed by atoms with Gasteiger partial charge in [-0.15, -0.1) is 0 Å². The van der Waals surface area contributed by atoms with Gasteiger partial charge < -0.3 is 25.0 Å². The number of carbonyl (C=O) groups is 3.